The average Bonchev–Trinajstić information content (AvgIpc) is 3.05. The van der Waals surface area contributed by atoms with Gasteiger partial charge in [-0.2, -0.15) is 0 Å². The summed E-state index contributed by atoms with van der Waals surface area (Å²) in [5, 5.41) is 14.2. The Morgan fingerprint density at radius 3 is 2.86 bits per heavy atom. The second-order valence-corrected chi connectivity index (χ2v) is 5.00. The maximum absolute atomic E-state index is 12.1. The van der Waals surface area contributed by atoms with Gasteiger partial charge in [0.2, 0.25) is 5.91 Å². The molecular weight excluding hydrogens is 270 g/mol. The van der Waals surface area contributed by atoms with Crippen molar-refractivity contribution in [2.45, 2.75) is 45.7 Å². The Morgan fingerprint density at radius 1 is 1.48 bits per heavy atom. The molecule has 1 atom stereocenters. The zero-order valence-electron chi connectivity index (χ0n) is 12.7. The van der Waals surface area contributed by atoms with Crippen LogP contribution >= 0.6 is 0 Å². The molecule has 0 aliphatic heterocycles. The van der Waals surface area contributed by atoms with Crippen molar-refractivity contribution in [3.63, 3.8) is 0 Å². The maximum atomic E-state index is 12.1. The molecule has 0 spiro atoms. The molecule has 0 bridgehead atoms. The number of carbonyl (C=O) groups excluding carboxylic acids is 1. The van der Waals surface area contributed by atoms with Crippen molar-refractivity contribution < 1.29 is 4.79 Å². The number of carbonyl (C=O) groups is 1. The molecule has 2 aromatic rings. The van der Waals surface area contributed by atoms with E-state index in [-0.39, 0.29) is 11.9 Å². The number of tetrazole rings is 1. The Kier molecular flexibility index (Phi) is 5.02. The van der Waals surface area contributed by atoms with Gasteiger partial charge in [-0.15, -0.1) is 5.10 Å². The number of hydrogen-bond acceptors (Lipinski definition) is 5. The van der Waals surface area contributed by atoms with Gasteiger partial charge >= 0.3 is 0 Å². The number of imidazole rings is 1. The van der Waals surface area contributed by atoms with Crippen molar-refractivity contribution >= 4 is 5.91 Å². The van der Waals surface area contributed by atoms with Crippen LogP contribution < -0.4 is 5.32 Å². The molecule has 0 aliphatic rings. The zero-order chi connectivity index (χ0) is 15.2. The van der Waals surface area contributed by atoms with Gasteiger partial charge in [-0.25, -0.2) is 9.67 Å². The number of nitrogens with zero attached hydrogens (tertiary/aromatic N) is 6. The SMILES string of the molecule is CCCC(NC(=O)CCn1nnnc1C)c1nccn1C. The number of aromatic nitrogens is 6. The first kappa shape index (κ1) is 15.1. The van der Waals surface area contributed by atoms with E-state index in [1.807, 2.05) is 24.7 Å². The molecule has 0 saturated carbocycles. The summed E-state index contributed by atoms with van der Waals surface area (Å²) in [4.78, 5) is 16.4. The van der Waals surface area contributed by atoms with E-state index in [0.29, 0.717) is 18.8 Å². The van der Waals surface area contributed by atoms with Crippen LogP contribution in [0.5, 0.6) is 0 Å². The number of aryl methyl sites for hydroxylation is 3. The van der Waals surface area contributed by atoms with Crippen LogP contribution in [0.15, 0.2) is 12.4 Å². The third-order valence-corrected chi connectivity index (χ3v) is 3.34. The van der Waals surface area contributed by atoms with E-state index in [4.69, 9.17) is 0 Å². The van der Waals surface area contributed by atoms with Gasteiger partial charge in [0.25, 0.3) is 0 Å². The molecule has 2 heterocycles. The van der Waals surface area contributed by atoms with Crippen LogP contribution in [0.2, 0.25) is 0 Å². The van der Waals surface area contributed by atoms with E-state index in [2.05, 4.69) is 32.7 Å². The van der Waals surface area contributed by atoms with Gasteiger partial charge in [-0.05, 0) is 23.8 Å². The molecule has 1 unspecified atom stereocenters. The van der Waals surface area contributed by atoms with E-state index in [0.717, 1.165) is 18.7 Å². The summed E-state index contributed by atoms with van der Waals surface area (Å²) in [6.45, 7) is 4.38. The molecule has 0 aromatic carbocycles. The monoisotopic (exact) mass is 291 g/mol. The number of hydrogen-bond donors (Lipinski definition) is 1. The Labute approximate surface area is 123 Å². The van der Waals surface area contributed by atoms with Crippen molar-refractivity contribution in [2.75, 3.05) is 0 Å². The lowest BCUT2D eigenvalue weighted by Gasteiger charge is -2.18. The van der Waals surface area contributed by atoms with E-state index in [1.54, 1.807) is 10.9 Å². The highest BCUT2D eigenvalue weighted by Gasteiger charge is 2.17. The summed E-state index contributed by atoms with van der Waals surface area (Å²) >= 11 is 0. The largest absolute Gasteiger partial charge is 0.346 e. The third-order valence-electron chi connectivity index (χ3n) is 3.34. The van der Waals surface area contributed by atoms with Crippen LogP contribution in [0, 0.1) is 6.92 Å². The topological polar surface area (TPSA) is 90.5 Å². The smallest absolute Gasteiger partial charge is 0.222 e. The third kappa shape index (κ3) is 3.87. The molecule has 2 aromatic heterocycles. The van der Waals surface area contributed by atoms with Crippen molar-refractivity contribution in [1.29, 1.82) is 0 Å². The molecule has 21 heavy (non-hydrogen) atoms. The molecule has 0 fully saturated rings. The normalized spacial score (nSPS) is 12.3. The molecule has 1 N–H and O–H groups in total. The van der Waals surface area contributed by atoms with E-state index < -0.39 is 0 Å². The Morgan fingerprint density at radius 2 is 2.29 bits per heavy atom. The maximum Gasteiger partial charge on any atom is 0.222 e. The Balaban J connectivity index is 1.93. The molecule has 8 heteroatoms. The van der Waals surface area contributed by atoms with Crippen molar-refractivity contribution in [3.05, 3.63) is 24.0 Å². The van der Waals surface area contributed by atoms with Gasteiger partial charge in [0, 0.05) is 25.9 Å². The molecule has 1 amide bonds. The van der Waals surface area contributed by atoms with Crippen LogP contribution in [0.4, 0.5) is 0 Å². The lowest BCUT2D eigenvalue weighted by Crippen LogP contribution is -2.31. The minimum atomic E-state index is -0.0579. The summed E-state index contributed by atoms with van der Waals surface area (Å²) in [7, 11) is 1.93. The number of amides is 1. The molecular formula is C13H21N7O. The Bertz CT molecular complexity index is 589. The van der Waals surface area contributed by atoms with Crippen LogP contribution in [-0.4, -0.2) is 35.7 Å². The van der Waals surface area contributed by atoms with Crippen LogP contribution in [0.25, 0.3) is 0 Å². The van der Waals surface area contributed by atoms with Gasteiger partial charge in [-0.3, -0.25) is 4.79 Å². The summed E-state index contributed by atoms with van der Waals surface area (Å²) in [5.74, 6) is 1.56. The van der Waals surface area contributed by atoms with Crippen LogP contribution in [0.3, 0.4) is 0 Å². The fourth-order valence-electron chi connectivity index (χ4n) is 2.20. The molecule has 0 aliphatic carbocycles. The molecule has 8 nitrogen and oxygen atoms in total. The first-order chi connectivity index (χ1) is 10.1. The number of nitrogens with one attached hydrogen (secondary N) is 1. The molecule has 2 rings (SSSR count). The van der Waals surface area contributed by atoms with Gasteiger partial charge in [0.1, 0.15) is 11.6 Å². The van der Waals surface area contributed by atoms with Crippen molar-refractivity contribution in [1.82, 2.24) is 35.1 Å². The van der Waals surface area contributed by atoms with Gasteiger partial charge in [0.05, 0.1) is 12.6 Å². The zero-order valence-corrected chi connectivity index (χ0v) is 12.7. The first-order valence-electron chi connectivity index (χ1n) is 7.11. The summed E-state index contributed by atoms with van der Waals surface area (Å²) in [5.41, 5.74) is 0. The predicted octanol–water partition coefficient (Wildman–Crippen LogP) is 0.763. The lowest BCUT2D eigenvalue weighted by molar-refractivity contribution is -0.122. The second-order valence-electron chi connectivity index (χ2n) is 5.00. The Hall–Kier alpha value is -2.25. The first-order valence-corrected chi connectivity index (χ1v) is 7.11. The van der Waals surface area contributed by atoms with Gasteiger partial charge < -0.3 is 9.88 Å². The van der Waals surface area contributed by atoms with Crippen molar-refractivity contribution in [2.24, 2.45) is 7.05 Å². The molecule has 114 valence electrons. The summed E-state index contributed by atoms with van der Waals surface area (Å²) in [6.07, 6.45) is 5.81. The average molecular weight is 291 g/mol. The highest BCUT2D eigenvalue weighted by Crippen LogP contribution is 2.16. The molecule has 0 saturated heterocycles. The summed E-state index contributed by atoms with van der Waals surface area (Å²) in [6, 6.07) is -0.0579. The highest BCUT2D eigenvalue weighted by atomic mass is 16.1. The number of rotatable bonds is 7. The minimum Gasteiger partial charge on any atom is -0.346 e. The van der Waals surface area contributed by atoms with E-state index in [1.165, 1.54) is 0 Å². The highest BCUT2D eigenvalue weighted by molar-refractivity contribution is 5.76. The predicted molar refractivity (Wildman–Crippen MR) is 76.2 cm³/mol. The standard InChI is InChI=1S/C13H21N7O/c1-4-5-11(13-14-7-9-19(13)3)15-12(21)6-8-20-10(2)16-17-18-20/h7,9,11H,4-6,8H2,1-3H3,(H,15,21). The summed E-state index contributed by atoms with van der Waals surface area (Å²) < 4.78 is 3.56. The fraction of sp³-hybridized carbons (Fsp3) is 0.615. The van der Waals surface area contributed by atoms with Crippen LogP contribution in [0.1, 0.15) is 43.9 Å². The quantitative estimate of drug-likeness (QED) is 0.813. The van der Waals surface area contributed by atoms with Crippen LogP contribution in [-0.2, 0) is 18.4 Å². The van der Waals surface area contributed by atoms with Gasteiger partial charge in [-0.1, -0.05) is 13.3 Å². The molecule has 0 radical (unpaired) electrons. The van der Waals surface area contributed by atoms with Gasteiger partial charge in [0.15, 0.2) is 0 Å². The van der Waals surface area contributed by atoms with E-state index in [9.17, 15) is 4.79 Å². The van der Waals surface area contributed by atoms with Crippen molar-refractivity contribution in [3.8, 4) is 0 Å². The lowest BCUT2D eigenvalue weighted by atomic mass is 10.1. The van der Waals surface area contributed by atoms with E-state index >= 15 is 0 Å². The fourth-order valence-corrected chi connectivity index (χ4v) is 2.20. The minimum absolute atomic E-state index is 0.0219. The second kappa shape index (κ2) is 6.96.